The minimum atomic E-state index is 0.376. The third-order valence-electron chi connectivity index (χ3n) is 2.69. The molecule has 0 aliphatic carbocycles. The van der Waals surface area contributed by atoms with Crippen LogP contribution in [0, 0.1) is 6.92 Å². The van der Waals surface area contributed by atoms with Crippen molar-refractivity contribution in [2.75, 3.05) is 14.2 Å². The third kappa shape index (κ3) is 3.48. The van der Waals surface area contributed by atoms with Gasteiger partial charge in [-0.05, 0) is 20.0 Å². The van der Waals surface area contributed by atoms with Crippen LogP contribution in [-0.2, 0) is 13.2 Å². The van der Waals surface area contributed by atoms with Crippen LogP contribution in [0.4, 0.5) is 0 Å². The lowest BCUT2D eigenvalue weighted by atomic mass is 10.2. The summed E-state index contributed by atoms with van der Waals surface area (Å²) in [6.45, 7) is 2.97. The van der Waals surface area contributed by atoms with E-state index in [2.05, 4.69) is 10.5 Å². The SMILES string of the molecule is CNCc1ccc(OC)cc1OCc1cc(C)on1. The molecule has 1 aromatic heterocycles. The molecule has 0 unspecified atom stereocenters. The van der Waals surface area contributed by atoms with E-state index < -0.39 is 0 Å². The lowest BCUT2D eigenvalue weighted by molar-refractivity contribution is 0.283. The van der Waals surface area contributed by atoms with Crippen molar-refractivity contribution in [2.45, 2.75) is 20.1 Å². The lowest BCUT2D eigenvalue weighted by Crippen LogP contribution is -2.08. The van der Waals surface area contributed by atoms with Crippen molar-refractivity contribution in [1.82, 2.24) is 10.5 Å². The average molecular weight is 262 g/mol. The van der Waals surface area contributed by atoms with E-state index >= 15 is 0 Å². The zero-order valence-electron chi connectivity index (χ0n) is 11.4. The molecule has 1 aromatic carbocycles. The third-order valence-corrected chi connectivity index (χ3v) is 2.69. The molecule has 0 fully saturated rings. The van der Waals surface area contributed by atoms with Gasteiger partial charge in [-0.1, -0.05) is 11.2 Å². The van der Waals surface area contributed by atoms with Crippen LogP contribution in [0.25, 0.3) is 0 Å². The molecule has 1 N–H and O–H groups in total. The second kappa shape index (κ2) is 6.24. The number of aromatic nitrogens is 1. The van der Waals surface area contributed by atoms with Crippen molar-refractivity contribution in [1.29, 1.82) is 0 Å². The topological polar surface area (TPSA) is 56.5 Å². The predicted molar refractivity (Wildman–Crippen MR) is 71.3 cm³/mol. The number of hydrogen-bond donors (Lipinski definition) is 1. The van der Waals surface area contributed by atoms with Gasteiger partial charge in [-0.3, -0.25) is 0 Å². The van der Waals surface area contributed by atoms with Gasteiger partial charge in [0.05, 0.1) is 7.11 Å². The van der Waals surface area contributed by atoms with Crippen molar-refractivity contribution in [2.24, 2.45) is 0 Å². The van der Waals surface area contributed by atoms with Crippen molar-refractivity contribution < 1.29 is 14.0 Å². The molecular formula is C14H18N2O3. The summed E-state index contributed by atoms with van der Waals surface area (Å²) in [6, 6.07) is 7.63. The normalized spacial score (nSPS) is 10.5. The molecule has 102 valence electrons. The smallest absolute Gasteiger partial charge is 0.134 e. The van der Waals surface area contributed by atoms with Gasteiger partial charge in [0.25, 0.3) is 0 Å². The maximum Gasteiger partial charge on any atom is 0.134 e. The van der Waals surface area contributed by atoms with Crippen LogP contribution in [0.5, 0.6) is 11.5 Å². The van der Waals surface area contributed by atoms with Gasteiger partial charge in [-0.25, -0.2) is 0 Å². The summed E-state index contributed by atoms with van der Waals surface area (Å²) >= 11 is 0. The van der Waals surface area contributed by atoms with Crippen molar-refractivity contribution >= 4 is 0 Å². The number of nitrogens with one attached hydrogen (secondary N) is 1. The summed E-state index contributed by atoms with van der Waals surface area (Å²) in [4.78, 5) is 0. The Morgan fingerprint density at radius 2 is 2.16 bits per heavy atom. The van der Waals surface area contributed by atoms with Crippen LogP contribution in [0.2, 0.25) is 0 Å². The van der Waals surface area contributed by atoms with Crippen LogP contribution >= 0.6 is 0 Å². The number of methoxy groups -OCH3 is 1. The summed E-state index contributed by atoms with van der Waals surface area (Å²) in [7, 11) is 3.53. The standard InChI is InChI=1S/C14H18N2O3/c1-10-6-12(16-19-10)9-18-14-7-13(17-3)5-4-11(14)8-15-2/h4-7,15H,8-9H2,1-3H3. The summed E-state index contributed by atoms with van der Waals surface area (Å²) in [5.41, 5.74) is 1.85. The molecule has 0 amide bonds. The van der Waals surface area contributed by atoms with Crippen LogP contribution in [-0.4, -0.2) is 19.3 Å². The quantitative estimate of drug-likeness (QED) is 0.865. The van der Waals surface area contributed by atoms with Crippen molar-refractivity contribution in [3.05, 3.63) is 41.3 Å². The Morgan fingerprint density at radius 1 is 1.32 bits per heavy atom. The minimum absolute atomic E-state index is 0.376. The van der Waals surface area contributed by atoms with Crippen LogP contribution in [0.3, 0.4) is 0 Å². The first-order valence-electron chi connectivity index (χ1n) is 6.09. The van der Waals surface area contributed by atoms with Crippen molar-refractivity contribution in [3.8, 4) is 11.5 Å². The van der Waals surface area contributed by atoms with Gasteiger partial charge < -0.3 is 19.3 Å². The average Bonchev–Trinajstić information content (AvgIpc) is 2.83. The number of aryl methyl sites for hydroxylation is 1. The van der Waals surface area contributed by atoms with Gasteiger partial charge in [0, 0.05) is 24.2 Å². The van der Waals surface area contributed by atoms with Crippen LogP contribution in [0.1, 0.15) is 17.0 Å². The Balaban J connectivity index is 2.12. The fraction of sp³-hybridized carbons (Fsp3) is 0.357. The number of benzene rings is 1. The molecule has 19 heavy (non-hydrogen) atoms. The Hall–Kier alpha value is -2.01. The Labute approximate surface area is 112 Å². The summed E-state index contributed by atoms with van der Waals surface area (Å²) in [5.74, 6) is 2.33. The van der Waals surface area contributed by atoms with E-state index in [1.165, 1.54) is 0 Å². The first-order valence-corrected chi connectivity index (χ1v) is 6.09. The van der Waals surface area contributed by atoms with Gasteiger partial charge in [0.15, 0.2) is 0 Å². The molecule has 1 heterocycles. The predicted octanol–water partition coefficient (Wildman–Crippen LogP) is 2.29. The van der Waals surface area contributed by atoms with Crippen LogP contribution in [0.15, 0.2) is 28.8 Å². The van der Waals surface area contributed by atoms with Gasteiger partial charge in [0.2, 0.25) is 0 Å². The highest BCUT2D eigenvalue weighted by Crippen LogP contribution is 2.25. The Kier molecular flexibility index (Phi) is 4.41. The summed E-state index contributed by atoms with van der Waals surface area (Å²) in [5, 5.41) is 7.01. The molecule has 5 heteroatoms. The number of nitrogens with zero attached hydrogens (tertiary/aromatic N) is 1. The molecule has 0 saturated carbocycles. The molecule has 2 rings (SSSR count). The monoisotopic (exact) mass is 262 g/mol. The van der Waals surface area contributed by atoms with E-state index in [1.807, 2.05) is 38.2 Å². The molecule has 0 spiro atoms. The number of ether oxygens (including phenoxy) is 2. The van der Waals surface area contributed by atoms with E-state index in [0.29, 0.717) is 6.61 Å². The largest absolute Gasteiger partial charge is 0.497 e. The molecular weight excluding hydrogens is 244 g/mol. The highest BCUT2D eigenvalue weighted by molar-refractivity contribution is 5.40. The van der Waals surface area contributed by atoms with Gasteiger partial charge in [-0.2, -0.15) is 0 Å². The van der Waals surface area contributed by atoms with Crippen molar-refractivity contribution in [3.63, 3.8) is 0 Å². The highest BCUT2D eigenvalue weighted by atomic mass is 16.5. The van der Waals surface area contributed by atoms with E-state index in [-0.39, 0.29) is 0 Å². The zero-order chi connectivity index (χ0) is 13.7. The molecule has 0 aliphatic rings. The van der Waals surface area contributed by atoms with Gasteiger partial charge in [0.1, 0.15) is 29.6 Å². The summed E-state index contributed by atoms with van der Waals surface area (Å²) < 4.78 is 16.0. The number of rotatable bonds is 6. The molecule has 2 aromatic rings. The molecule has 0 radical (unpaired) electrons. The first-order chi connectivity index (χ1) is 9.22. The highest BCUT2D eigenvalue weighted by Gasteiger charge is 2.07. The zero-order valence-corrected chi connectivity index (χ0v) is 11.4. The molecule has 5 nitrogen and oxygen atoms in total. The minimum Gasteiger partial charge on any atom is -0.497 e. The van der Waals surface area contributed by atoms with E-state index in [1.54, 1.807) is 7.11 Å². The van der Waals surface area contributed by atoms with E-state index in [0.717, 1.165) is 35.1 Å². The molecule has 0 saturated heterocycles. The second-order valence-corrected chi connectivity index (χ2v) is 4.22. The molecule has 0 atom stereocenters. The van der Waals surface area contributed by atoms with Gasteiger partial charge >= 0.3 is 0 Å². The molecule has 0 bridgehead atoms. The van der Waals surface area contributed by atoms with E-state index in [9.17, 15) is 0 Å². The van der Waals surface area contributed by atoms with Crippen LogP contribution < -0.4 is 14.8 Å². The van der Waals surface area contributed by atoms with E-state index in [4.69, 9.17) is 14.0 Å². The fourth-order valence-electron chi connectivity index (χ4n) is 1.77. The maximum absolute atomic E-state index is 5.79. The first kappa shape index (κ1) is 13.4. The van der Waals surface area contributed by atoms with Gasteiger partial charge in [-0.15, -0.1) is 0 Å². The fourth-order valence-corrected chi connectivity index (χ4v) is 1.77. The lowest BCUT2D eigenvalue weighted by Gasteiger charge is -2.11. The summed E-state index contributed by atoms with van der Waals surface area (Å²) in [6.07, 6.45) is 0. The number of hydrogen-bond acceptors (Lipinski definition) is 5. The molecule has 0 aliphatic heterocycles. The maximum atomic E-state index is 5.79. The Bertz CT molecular complexity index is 537. The Morgan fingerprint density at radius 3 is 2.79 bits per heavy atom. The second-order valence-electron chi connectivity index (χ2n) is 4.22.